The van der Waals surface area contributed by atoms with Gasteiger partial charge in [0.1, 0.15) is 0 Å². The van der Waals surface area contributed by atoms with Crippen LogP contribution in [-0.4, -0.2) is 30.1 Å². The van der Waals surface area contributed by atoms with Gasteiger partial charge in [0.2, 0.25) is 5.91 Å². The van der Waals surface area contributed by atoms with Gasteiger partial charge in [-0.15, -0.1) is 0 Å². The van der Waals surface area contributed by atoms with E-state index in [9.17, 15) is 9.59 Å². The normalized spacial score (nSPS) is 18.9. The van der Waals surface area contributed by atoms with Crippen molar-refractivity contribution in [2.24, 2.45) is 11.7 Å². The lowest BCUT2D eigenvalue weighted by Gasteiger charge is -2.34. The Morgan fingerprint density at radius 1 is 1.43 bits per heavy atom. The van der Waals surface area contributed by atoms with E-state index >= 15 is 0 Å². The van der Waals surface area contributed by atoms with Crippen LogP contribution in [0.15, 0.2) is 24.3 Å². The van der Waals surface area contributed by atoms with Crippen LogP contribution in [0.3, 0.4) is 0 Å². The topological polar surface area (TPSA) is 83.6 Å². The van der Waals surface area contributed by atoms with Gasteiger partial charge in [0.15, 0.2) is 0 Å². The molecule has 1 saturated heterocycles. The number of hydrogen-bond acceptors (Lipinski definition) is 3. The Hall–Kier alpha value is -2.30. The maximum Gasteiger partial charge on any atom is 0.328 e. The molecular weight excluding hydrogens is 268 g/mol. The van der Waals surface area contributed by atoms with Gasteiger partial charge in [0.05, 0.1) is 5.92 Å². The Morgan fingerprint density at radius 3 is 2.86 bits per heavy atom. The molecule has 1 aromatic carbocycles. The molecule has 0 radical (unpaired) electrons. The molecule has 1 aliphatic rings. The number of carbonyl (C=O) groups excluding carboxylic acids is 1. The molecule has 0 aliphatic carbocycles. The van der Waals surface area contributed by atoms with Gasteiger partial charge in [-0.05, 0) is 43.5 Å². The van der Waals surface area contributed by atoms with Gasteiger partial charge in [0, 0.05) is 24.9 Å². The Kier molecular flexibility index (Phi) is 4.62. The number of carboxylic acid groups (broad SMARTS) is 1. The highest BCUT2D eigenvalue weighted by Gasteiger charge is 2.25. The molecule has 21 heavy (non-hydrogen) atoms. The van der Waals surface area contributed by atoms with Gasteiger partial charge in [-0.1, -0.05) is 11.6 Å². The summed E-state index contributed by atoms with van der Waals surface area (Å²) in [4.78, 5) is 24.2. The highest BCUT2D eigenvalue weighted by molar-refractivity contribution is 5.87. The summed E-state index contributed by atoms with van der Waals surface area (Å²) >= 11 is 0. The minimum absolute atomic E-state index is 0.142. The first kappa shape index (κ1) is 15.1. The van der Waals surface area contributed by atoms with E-state index < -0.39 is 5.97 Å². The minimum Gasteiger partial charge on any atom is -0.478 e. The van der Waals surface area contributed by atoms with Crippen LogP contribution in [0.4, 0.5) is 5.69 Å². The van der Waals surface area contributed by atoms with E-state index in [2.05, 4.69) is 4.90 Å². The predicted molar refractivity (Wildman–Crippen MR) is 82.0 cm³/mol. The summed E-state index contributed by atoms with van der Waals surface area (Å²) in [5.41, 5.74) is 8.27. The van der Waals surface area contributed by atoms with E-state index in [4.69, 9.17) is 10.8 Å². The highest BCUT2D eigenvalue weighted by Crippen LogP contribution is 2.28. The molecule has 0 aromatic heterocycles. The SMILES string of the molecule is Cc1ccc(N2CCCC(C(N)=O)C2)c(/C=C/C(=O)O)c1. The third-order valence-corrected chi connectivity index (χ3v) is 3.75. The lowest BCUT2D eigenvalue weighted by Crippen LogP contribution is -2.41. The summed E-state index contributed by atoms with van der Waals surface area (Å²) in [5, 5.41) is 8.80. The number of benzene rings is 1. The standard InChI is InChI=1S/C16H20N2O3/c1-11-4-6-14(12(9-11)5-7-15(19)20)18-8-2-3-13(10-18)16(17)21/h4-7,9,13H,2-3,8,10H2,1H3,(H2,17,21)(H,19,20)/b7-5+. The van der Waals surface area contributed by atoms with Crippen molar-refractivity contribution in [3.63, 3.8) is 0 Å². The molecule has 1 heterocycles. The van der Waals surface area contributed by atoms with E-state index in [0.29, 0.717) is 6.54 Å². The average Bonchev–Trinajstić information content (AvgIpc) is 2.45. The van der Waals surface area contributed by atoms with E-state index in [0.717, 1.165) is 42.3 Å². The minimum atomic E-state index is -0.976. The molecule has 5 nitrogen and oxygen atoms in total. The van der Waals surface area contributed by atoms with Crippen molar-refractivity contribution in [1.29, 1.82) is 0 Å². The monoisotopic (exact) mass is 288 g/mol. The molecule has 1 unspecified atom stereocenters. The predicted octanol–water partition coefficient (Wildman–Crippen LogP) is 1.79. The number of nitrogens with zero attached hydrogens (tertiary/aromatic N) is 1. The number of aliphatic carboxylic acids is 1. The number of rotatable bonds is 4. The zero-order valence-electron chi connectivity index (χ0n) is 12.1. The smallest absolute Gasteiger partial charge is 0.328 e. The number of amides is 1. The molecule has 1 fully saturated rings. The Bertz CT molecular complexity index is 581. The van der Waals surface area contributed by atoms with Gasteiger partial charge in [0.25, 0.3) is 0 Å². The summed E-state index contributed by atoms with van der Waals surface area (Å²) in [6.07, 6.45) is 4.45. The fourth-order valence-electron chi connectivity index (χ4n) is 2.68. The Balaban J connectivity index is 2.29. The first-order chi connectivity index (χ1) is 9.97. The summed E-state index contributed by atoms with van der Waals surface area (Å²) in [7, 11) is 0. The first-order valence-electron chi connectivity index (χ1n) is 7.03. The van der Waals surface area contributed by atoms with E-state index in [1.165, 1.54) is 0 Å². The van der Waals surface area contributed by atoms with Gasteiger partial charge >= 0.3 is 5.97 Å². The van der Waals surface area contributed by atoms with Crippen LogP contribution in [0, 0.1) is 12.8 Å². The number of aryl methyl sites for hydroxylation is 1. The summed E-state index contributed by atoms with van der Waals surface area (Å²) in [6.45, 7) is 3.40. The van der Waals surface area contributed by atoms with Crippen molar-refractivity contribution < 1.29 is 14.7 Å². The number of carbonyl (C=O) groups is 2. The second-order valence-electron chi connectivity index (χ2n) is 5.42. The fourth-order valence-corrected chi connectivity index (χ4v) is 2.68. The quantitative estimate of drug-likeness (QED) is 0.827. The maximum atomic E-state index is 11.4. The van der Waals surface area contributed by atoms with Crippen LogP contribution in [0.2, 0.25) is 0 Å². The number of primary amides is 1. The molecule has 0 spiro atoms. The van der Waals surface area contributed by atoms with Crippen LogP contribution in [-0.2, 0) is 9.59 Å². The number of hydrogen-bond donors (Lipinski definition) is 2. The lowest BCUT2D eigenvalue weighted by atomic mass is 9.96. The van der Waals surface area contributed by atoms with E-state index in [1.54, 1.807) is 6.08 Å². The summed E-state index contributed by atoms with van der Waals surface area (Å²) < 4.78 is 0. The van der Waals surface area contributed by atoms with Gasteiger partial charge in [-0.25, -0.2) is 4.79 Å². The maximum absolute atomic E-state index is 11.4. The average molecular weight is 288 g/mol. The first-order valence-corrected chi connectivity index (χ1v) is 7.03. The molecule has 112 valence electrons. The summed E-state index contributed by atoms with van der Waals surface area (Å²) in [5.74, 6) is -1.39. The highest BCUT2D eigenvalue weighted by atomic mass is 16.4. The van der Waals surface area contributed by atoms with Crippen LogP contribution >= 0.6 is 0 Å². The van der Waals surface area contributed by atoms with E-state index in [-0.39, 0.29) is 11.8 Å². The van der Waals surface area contributed by atoms with Crippen molar-refractivity contribution in [1.82, 2.24) is 0 Å². The molecule has 2 rings (SSSR count). The second-order valence-corrected chi connectivity index (χ2v) is 5.42. The molecule has 1 aliphatic heterocycles. The van der Waals surface area contributed by atoms with Gasteiger partial charge in [-0.3, -0.25) is 4.79 Å². The van der Waals surface area contributed by atoms with Gasteiger partial charge in [-0.2, -0.15) is 0 Å². The van der Waals surface area contributed by atoms with Crippen molar-refractivity contribution >= 4 is 23.6 Å². The van der Waals surface area contributed by atoms with Crippen molar-refractivity contribution in [2.45, 2.75) is 19.8 Å². The van der Waals surface area contributed by atoms with Crippen LogP contribution in [0.1, 0.15) is 24.0 Å². The van der Waals surface area contributed by atoms with Crippen molar-refractivity contribution in [3.05, 3.63) is 35.4 Å². The molecule has 1 atom stereocenters. The zero-order valence-corrected chi connectivity index (χ0v) is 12.1. The second kappa shape index (κ2) is 6.43. The van der Waals surface area contributed by atoms with Gasteiger partial charge < -0.3 is 15.7 Å². The third-order valence-electron chi connectivity index (χ3n) is 3.75. The number of nitrogens with two attached hydrogens (primary N) is 1. The van der Waals surface area contributed by atoms with Crippen molar-refractivity contribution in [2.75, 3.05) is 18.0 Å². The largest absolute Gasteiger partial charge is 0.478 e. The third kappa shape index (κ3) is 3.84. The molecular formula is C16H20N2O3. The molecule has 0 saturated carbocycles. The van der Waals surface area contributed by atoms with E-state index in [1.807, 2.05) is 25.1 Å². The molecule has 0 bridgehead atoms. The zero-order chi connectivity index (χ0) is 15.4. The van der Waals surface area contributed by atoms with Crippen LogP contribution in [0.25, 0.3) is 6.08 Å². The lowest BCUT2D eigenvalue weighted by molar-refractivity contribution is -0.131. The van der Waals surface area contributed by atoms with Crippen LogP contribution < -0.4 is 10.6 Å². The molecule has 1 aromatic rings. The number of anilines is 1. The molecule has 5 heteroatoms. The van der Waals surface area contributed by atoms with Crippen LogP contribution in [0.5, 0.6) is 0 Å². The Morgan fingerprint density at radius 2 is 2.19 bits per heavy atom. The summed E-state index contributed by atoms with van der Waals surface area (Å²) in [6, 6.07) is 5.91. The Labute approximate surface area is 124 Å². The molecule has 3 N–H and O–H groups in total. The molecule has 1 amide bonds. The number of carboxylic acids is 1. The fraction of sp³-hybridized carbons (Fsp3) is 0.375. The number of piperidine rings is 1. The van der Waals surface area contributed by atoms with Crippen molar-refractivity contribution in [3.8, 4) is 0 Å².